The SMILES string of the molecule is CNCCCn1cc(S(=O)(=O)NCc2ncn(C)n2)cn1. The Morgan fingerprint density at radius 1 is 1.38 bits per heavy atom. The van der Waals surface area contributed by atoms with Gasteiger partial charge in [0, 0.05) is 19.8 Å². The minimum absolute atomic E-state index is 0.0497. The Hall–Kier alpha value is -1.78. The summed E-state index contributed by atoms with van der Waals surface area (Å²) in [7, 11) is -0.00519. The van der Waals surface area contributed by atoms with Crippen molar-refractivity contribution >= 4 is 10.0 Å². The molecule has 0 aromatic carbocycles. The Bertz CT molecular complexity index is 676. The Labute approximate surface area is 123 Å². The zero-order chi connectivity index (χ0) is 15.3. The van der Waals surface area contributed by atoms with Crippen molar-refractivity contribution in [3.8, 4) is 0 Å². The average molecular weight is 313 g/mol. The second-order valence-corrected chi connectivity index (χ2v) is 6.32. The van der Waals surface area contributed by atoms with Crippen molar-refractivity contribution in [1.82, 2.24) is 34.6 Å². The van der Waals surface area contributed by atoms with Crippen molar-refractivity contribution < 1.29 is 8.42 Å². The van der Waals surface area contributed by atoms with Crippen LogP contribution in [0.15, 0.2) is 23.6 Å². The molecule has 0 radical (unpaired) electrons. The molecule has 0 fully saturated rings. The van der Waals surface area contributed by atoms with E-state index in [9.17, 15) is 8.42 Å². The van der Waals surface area contributed by atoms with Crippen LogP contribution in [0.4, 0.5) is 0 Å². The van der Waals surface area contributed by atoms with E-state index in [1.54, 1.807) is 11.7 Å². The smallest absolute Gasteiger partial charge is 0.244 e. The third-order valence-corrected chi connectivity index (χ3v) is 4.16. The van der Waals surface area contributed by atoms with Gasteiger partial charge in [-0.1, -0.05) is 0 Å². The fraction of sp³-hybridized carbons (Fsp3) is 0.545. The van der Waals surface area contributed by atoms with Crippen molar-refractivity contribution in [3.63, 3.8) is 0 Å². The Balaban J connectivity index is 1.95. The summed E-state index contributed by atoms with van der Waals surface area (Å²) < 4.78 is 29.8. The molecule has 2 aromatic rings. The first-order valence-electron chi connectivity index (χ1n) is 6.52. The number of aromatic nitrogens is 5. The van der Waals surface area contributed by atoms with Gasteiger partial charge in [0.1, 0.15) is 11.2 Å². The molecule has 0 saturated carbocycles. The van der Waals surface area contributed by atoms with Crippen LogP contribution < -0.4 is 10.0 Å². The van der Waals surface area contributed by atoms with Gasteiger partial charge in [-0.3, -0.25) is 9.36 Å². The van der Waals surface area contributed by atoms with E-state index in [0.717, 1.165) is 13.0 Å². The predicted molar refractivity (Wildman–Crippen MR) is 75.8 cm³/mol. The van der Waals surface area contributed by atoms with Gasteiger partial charge < -0.3 is 5.32 Å². The van der Waals surface area contributed by atoms with Crippen molar-refractivity contribution in [2.45, 2.75) is 24.4 Å². The summed E-state index contributed by atoms with van der Waals surface area (Å²) in [6.45, 7) is 1.57. The number of hydrogen-bond donors (Lipinski definition) is 2. The minimum Gasteiger partial charge on any atom is -0.320 e. The first-order chi connectivity index (χ1) is 10.0. The molecule has 9 nitrogen and oxygen atoms in total. The molecule has 0 aliphatic heterocycles. The molecule has 0 unspecified atom stereocenters. The van der Waals surface area contributed by atoms with Crippen LogP contribution in [0.25, 0.3) is 0 Å². The maximum Gasteiger partial charge on any atom is 0.244 e. The van der Waals surface area contributed by atoms with Gasteiger partial charge in [0.2, 0.25) is 10.0 Å². The van der Waals surface area contributed by atoms with Crippen LogP contribution in [-0.4, -0.2) is 46.6 Å². The number of rotatable bonds is 8. The monoisotopic (exact) mass is 313 g/mol. The van der Waals surface area contributed by atoms with Crippen LogP contribution in [0.2, 0.25) is 0 Å². The quantitative estimate of drug-likeness (QED) is 0.612. The Morgan fingerprint density at radius 2 is 2.19 bits per heavy atom. The highest BCUT2D eigenvalue weighted by molar-refractivity contribution is 7.89. The fourth-order valence-electron chi connectivity index (χ4n) is 1.73. The second-order valence-electron chi connectivity index (χ2n) is 4.56. The molecule has 0 spiro atoms. The lowest BCUT2D eigenvalue weighted by molar-refractivity contribution is 0.559. The van der Waals surface area contributed by atoms with Gasteiger partial charge in [-0.15, -0.1) is 0 Å². The molecule has 0 amide bonds. The number of aryl methyl sites for hydroxylation is 2. The highest BCUT2D eigenvalue weighted by Gasteiger charge is 2.17. The highest BCUT2D eigenvalue weighted by atomic mass is 32.2. The molecule has 2 heterocycles. The van der Waals surface area contributed by atoms with Crippen LogP contribution in [0.3, 0.4) is 0 Å². The summed E-state index contributed by atoms with van der Waals surface area (Å²) in [6.07, 6.45) is 5.25. The standard InChI is InChI=1S/C11H19N7O2S/c1-12-4-3-5-18-8-10(6-14-18)21(19,20)15-7-11-13-9-17(2)16-11/h6,8-9,12,15H,3-5,7H2,1-2H3. The number of nitrogens with one attached hydrogen (secondary N) is 2. The van der Waals surface area contributed by atoms with Gasteiger partial charge in [0.15, 0.2) is 5.82 Å². The van der Waals surface area contributed by atoms with E-state index in [2.05, 4.69) is 25.2 Å². The van der Waals surface area contributed by atoms with Crippen molar-refractivity contribution in [2.75, 3.05) is 13.6 Å². The molecule has 0 atom stereocenters. The number of nitrogens with zero attached hydrogens (tertiary/aromatic N) is 5. The molecule has 2 rings (SSSR count). The summed E-state index contributed by atoms with van der Waals surface area (Å²) in [5.41, 5.74) is 0. The highest BCUT2D eigenvalue weighted by Crippen LogP contribution is 2.07. The lowest BCUT2D eigenvalue weighted by atomic mass is 10.4. The number of hydrogen-bond acceptors (Lipinski definition) is 6. The van der Waals surface area contributed by atoms with E-state index in [0.29, 0.717) is 12.4 Å². The van der Waals surface area contributed by atoms with E-state index in [-0.39, 0.29) is 11.4 Å². The lowest BCUT2D eigenvalue weighted by Crippen LogP contribution is -2.23. The topological polar surface area (TPSA) is 107 Å². The fourth-order valence-corrected chi connectivity index (χ4v) is 2.66. The first-order valence-corrected chi connectivity index (χ1v) is 8.01. The van der Waals surface area contributed by atoms with E-state index < -0.39 is 10.0 Å². The van der Waals surface area contributed by atoms with Crippen molar-refractivity contribution in [1.29, 1.82) is 0 Å². The van der Waals surface area contributed by atoms with E-state index in [1.807, 2.05) is 7.05 Å². The molecule has 116 valence electrons. The van der Waals surface area contributed by atoms with Gasteiger partial charge in [0.25, 0.3) is 0 Å². The van der Waals surface area contributed by atoms with E-state index in [1.165, 1.54) is 23.4 Å². The van der Waals surface area contributed by atoms with Gasteiger partial charge in [-0.25, -0.2) is 18.1 Å². The third kappa shape index (κ3) is 4.34. The summed E-state index contributed by atoms with van der Waals surface area (Å²) in [6, 6.07) is 0. The molecule has 10 heteroatoms. The molecule has 0 bridgehead atoms. The molecule has 0 aliphatic carbocycles. The zero-order valence-electron chi connectivity index (χ0n) is 12.0. The maximum absolute atomic E-state index is 12.1. The molecule has 0 saturated heterocycles. The predicted octanol–water partition coefficient (Wildman–Crippen LogP) is -0.900. The summed E-state index contributed by atoms with van der Waals surface area (Å²) in [5, 5.41) is 11.1. The lowest BCUT2D eigenvalue weighted by Gasteiger charge is -2.02. The summed E-state index contributed by atoms with van der Waals surface area (Å²) in [4.78, 5) is 4.11. The Kier molecular flexibility index (Phi) is 5.04. The molecule has 2 aromatic heterocycles. The van der Waals surface area contributed by atoms with Crippen LogP contribution in [0.5, 0.6) is 0 Å². The summed E-state index contributed by atoms with van der Waals surface area (Å²) in [5.74, 6) is 0.419. The van der Waals surface area contributed by atoms with Crippen molar-refractivity contribution in [3.05, 3.63) is 24.5 Å². The molecule has 21 heavy (non-hydrogen) atoms. The van der Waals surface area contributed by atoms with Gasteiger partial charge in [0.05, 0.1) is 12.7 Å². The third-order valence-electron chi connectivity index (χ3n) is 2.80. The van der Waals surface area contributed by atoms with E-state index in [4.69, 9.17) is 0 Å². The minimum atomic E-state index is -3.60. The first kappa shape index (κ1) is 15.6. The van der Waals surface area contributed by atoms with E-state index >= 15 is 0 Å². The largest absolute Gasteiger partial charge is 0.320 e. The van der Waals surface area contributed by atoms with Crippen molar-refractivity contribution in [2.24, 2.45) is 7.05 Å². The Morgan fingerprint density at radius 3 is 2.86 bits per heavy atom. The van der Waals surface area contributed by atoms with Gasteiger partial charge in [-0.2, -0.15) is 10.2 Å². The second kappa shape index (κ2) is 6.78. The molecular weight excluding hydrogens is 294 g/mol. The molecule has 2 N–H and O–H groups in total. The van der Waals surface area contributed by atoms with Crippen LogP contribution in [0, 0.1) is 0 Å². The van der Waals surface area contributed by atoms with Crippen LogP contribution in [-0.2, 0) is 30.2 Å². The van der Waals surface area contributed by atoms with Gasteiger partial charge in [-0.05, 0) is 20.0 Å². The van der Waals surface area contributed by atoms with Crippen LogP contribution >= 0.6 is 0 Å². The maximum atomic E-state index is 12.1. The van der Waals surface area contributed by atoms with Gasteiger partial charge >= 0.3 is 0 Å². The normalized spacial score (nSPS) is 11.9. The zero-order valence-corrected chi connectivity index (χ0v) is 12.8. The van der Waals surface area contributed by atoms with Crippen LogP contribution in [0.1, 0.15) is 12.2 Å². The summed E-state index contributed by atoms with van der Waals surface area (Å²) >= 11 is 0. The number of sulfonamides is 1. The molecular formula is C11H19N7O2S. The molecule has 0 aliphatic rings. The average Bonchev–Trinajstić information content (AvgIpc) is 3.06.